The fourth-order valence-electron chi connectivity index (χ4n) is 2.05. The fourth-order valence-corrected chi connectivity index (χ4v) is 2.05. The van der Waals surface area contributed by atoms with E-state index in [1.807, 2.05) is 0 Å². The summed E-state index contributed by atoms with van der Waals surface area (Å²) in [4.78, 5) is 0. The Labute approximate surface area is 85.7 Å². The molecule has 2 unspecified atom stereocenters. The summed E-state index contributed by atoms with van der Waals surface area (Å²) in [6.45, 7) is 2.80. The molecule has 1 saturated carbocycles. The number of ether oxygens (including phenoxy) is 1. The van der Waals surface area contributed by atoms with Gasteiger partial charge in [0.1, 0.15) is 0 Å². The number of nitriles is 1. The first-order valence-electron chi connectivity index (χ1n) is 5.42. The minimum atomic E-state index is -0.546. The summed E-state index contributed by atoms with van der Waals surface area (Å²) in [5.74, 6) is 0.642. The molecule has 1 fully saturated rings. The van der Waals surface area contributed by atoms with E-state index < -0.39 is 5.60 Å². The van der Waals surface area contributed by atoms with Crippen LogP contribution >= 0.6 is 0 Å². The lowest BCUT2D eigenvalue weighted by Gasteiger charge is -2.21. The van der Waals surface area contributed by atoms with E-state index >= 15 is 0 Å². The molecule has 0 aromatic heterocycles. The van der Waals surface area contributed by atoms with Crippen LogP contribution < -0.4 is 0 Å². The van der Waals surface area contributed by atoms with Gasteiger partial charge in [-0.25, -0.2) is 0 Å². The van der Waals surface area contributed by atoms with Crippen molar-refractivity contribution in [1.29, 1.82) is 5.26 Å². The molecule has 1 aliphatic carbocycles. The lowest BCUT2D eigenvalue weighted by molar-refractivity contribution is -0.00603. The molecule has 80 valence electrons. The van der Waals surface area contributed by atoms with E-state index in [1.54, 1.807) is 0 Å². The van der Waals surface area contributed by atoms with E-state index in [1.165, 1.54) is 0 Å². The normalized spacial score (nSPS) is 31.6. The second kappa shape index (κ2) is 5.33. The Balaban J connectivity index is 2.40. The molecule has 0 amide bonds. The molecule has 0 spiro atoms. The number of aliphatic hydroxyl groups is 1. The summed E-state index contributed by atoms with van der Waals surface area (Å²) >= 11 is 0. The molecule has 2 atom stereocenters. The van der Waals surface area contributed by atoms with Gasteiger partial charge in [0.25, 0.3) is 0 Å². The summed E-state index contributed by atoms with van der Waals surface area (Å²) in [6.07, 6.45) is 4.58. The first-order valence-corrected chi connectivity index (χ1v) is 5.42. The SMILES string of the molecule is CCC1CCC(C#N)(OCCCO)C1. The highest BCUT2D eigenvalue weighted by Crippen LogP contribution is 2.38. The highest BCUT2D eigenvalue weighted by atomic mass is 16.5. The lowest BCUT2D eigenvalue weighted by Crippen LogP contribution is -2.28. The van der Waals surface area contributed by atoms with E-state index in [2.05, 4.69) is 13.0 Å². The lowest BCUT2D eigenvalue weighted by atomic mass is 10.00. The second-order valence-electron chi connectivity index (χ2n) is 4.05. The van der Waals surface area contributed by atoms with Gasteiger partial charge in [0.05, 0.1) is 12.7 Å². The van der Waals surface area contributed by atoms with Crippen LogP contribution in [0.2, 0.25) is 0 Å². The number of hydrogen-bond acceptors (Lipinski definition) is 3. The molecular formula is C11H19NO2. The zero-order valence-electron chi connectivity index (χ0n) is 8.83. The maximum atomic E-state index is 9.09. The van der Waals surface area contributed by atoms with E-state index in [-0.39, 0.29) is 6.61 Å². The Morgan fingerprint density at radius 1 is 1.64 bits per heavy atom. The topological polar surface area (TPSA) is 53.2 Å². The molecule has 0 bridgehead atoms. The van der Waals surface area contributed by atoms with Crippen LogP contribution in [-0.2, 0) is 4.74 Å². The van der Waals surface area contributed by atoms with Crippen molar-refractivity contribution < 1.29 is 9.84 Å². The quantitative estimate of drug-likeness (QED) is 0.684. The Bertz CT molecular complexity index is 212. The molecule has 3 nitrogen and oxygen atoms in total. The molecule has 3 heteroatoms. The predicted molar refractivity (Wildman–Crippen MR) is 53.6 cm³/mol. The maximum Gasteiger partial charge on any atom is 0.154 e. The summed E-state index contributed by atoms with van der Waals surface area (Å²) < 4.78 is 5.59. The van der Waals surface area contributed by atoms with Gasteiger partial charge < -0.3 is 9.84 Å². The van der Waals surface area contributed by atoms with Crippen LogP contribution in [0, 0.1) is 17.2 Å². The van der Waals surface area contributed by atoms with Gasteiger partial charge in [-0.05, 0) is 31.6 Å². The zero-order chi connectivity index (χ0) is 10.4. The first kappa shape index (κ1) is 11.5. The molecular weight excluding hydrogens is 178 g/mol. The molecule has 1 rings (SSSR count). The van der Waals surface area contributed by atoms with Gasteiger partial charge in [0.15, 0.2) is 5.60 Å². The van der Waals surface area contributed by atoms with Gasteiger partial charge in [0, 0.05) is 6.61 Å². The summed E-state index contributed by atoms with van der Waals surface area (Å²) in [5, 5.41) is 17.7. The highest BCUT2D eigenvalue weighted by Gasteiger charge is 2.39. The van der Waals surface area contributed by atoms with Crippen molar-refractivity contribution >= 4 is 0 Å². The van der Waals surface area contributed by atoms with Crippen LogP contribution in [0.1, 0.15) is 39.0 Å². The maximum absolute atomic E-state index is 9.09. The van der Waals surface area contributed by atoms with Crippen molar-refractivity contribution in [3.8, 4) is 6.07 Å². The third-order valence-corrected chi connectivity index (χ3v) is 3.04. The van der Waals surface area contributed by atoms with E-state index in [4.69, 9.17) is 15.1 Å². The van der Waals surface area contributed by atoms with E-state index in [9.17, 15) is 0 Å². The minimum absolute atomic E-state index is 0.138. The van der Waals surface area contributed by atoms with Gasteiger partial charge >= 0.3 is 0 Å². The molecule has 0 radical (unpaired) electrons. The average molecular weight is 197 g/mol. The van der Waals surface area contributed by atoms with Crippen molar-refractivity contribution in [2.24, 2.45) is 5.92 Å². The monoisotopic (exact) mass is 197 g/mol. The van der Waals surface area contributed by atoms with Gasteiger partial charge in [0.2, 0.25) is 0 Å². The molecule has 0 aromatic rings. The molecule has 0 aromatic carbocycles. The third kappa shape index (κ3) is 2.70. The Kier molecular flexibility index (Phi) is 4.37. The minimum Gasteiger partial charge on any atom is -0.396 e. The van der Waals surface area contributed by atoms with Crippen LogP contribution in [0.25, 0.3) is 0 Å². The molecule has 1 N–H and O–H groups in total. The predicted octanol–water partition coefficient (Wildman–Crippen LogP) is 1.86. The zero-order valence-corrected chi connectivity index (χ0v) is 8.83. The molecule has 14 heavy (non-hydrogen) atoms. The fraction of sp³-hybridized carbons (Fsp3) is 0.909. The number of nitrogens with zero attached hydrogens (tertiary/aromatic N) is 1. The average Bonchev–Trinajstić information content (AvgIpc) is 2.63. The molecule has 0 aliphatic heterocycles. The Hall–Kier alpha value is -0.590. The van der Waals surface area contributed by atoms with Crippen molar-refractivity contribution in [2.75, 3.05) is 13.2 Å². The number of aliphatic hydroxyl groups excluding tert-OH is 1. The molecule has 1 aliphatic rings. The van der Waals surface area contributed by atoms with Crippen LogP contribution in [-0.4, -0.2) is 23.9 Å². The van der Waals surface area contributed by atoms with Gasteiger partial charge in [-0.2, -0.15) is 5.26 Å². The third-order valence-electron chi connectivity index (χ3n) is 3.04. The van der Waals surface area contributed by atoms with Gasteiger partial charge in [-0.3, -0.25) is 0 Å². The standard InChI is InChI=1S/C11H19NO2/c1-2-10-4-5-11(8-10,9-12)14-7-3-6-13/h10,13H,2-8H2,1H3. The van der Waals surface area contributed by atoms with Crippen molar-refractivity contribution in [1.82, 2.24) is 0 Å². The van der Waals surface area contributed by atoms with Gasteiger partial charge in [-0.15, -0.1) is 0 Å². The summed E-state index contributed by atoms with van der Waals surface area (Å²) in [7, 11) is 0. The highest BCUT2D eigenvalue weighted by molar-refractivity contribution is 5.06. The summed E-state index contributed by atoms with van der Waals surface area (Å²) in [6, 6.07) is 2.30. The van der Waals surface area contributed by atoms with E-state index in [0.29, 0.717) is 18.9 Å². The number of rotatable bonds is 5. The second-order valence-corrected chi connectivity index (χ2v) is 4.05. The van der Waals surface area contributed by atoms with Crippen molar-refractivity contribution in [3.63, 3.8) is 0 Å². The van der Waals surface area contributed by atoms with Crippen molar-refractivity contribution in [2.45, 2.75) is 44.6 Å². The van der Waals surface area contributed by atoms with Crippen LogP contribution in [0.15, 0.2) is 0 Å². The van der Waals surface area contributed by atoms with Crippen molar-refractivity contribution in [3.05, 3.63) is 0 Å². The van der Waals surface area contributed by atoms with E-state index in [0.717, 1.165) is 25.7 Å². The van der Waals surface area contributed by atoms with Gasteiger partial charge in [-0.1, -0.05) is 13.3 Å². The van der Waals surface area contributed by atoms with Crippen LogP contribution in [0.4, 0.5) is 0 Å². The Morgan fingerprint density at radius 2 is 2.43 bits per heavy atom. The summed E-state index contributed by atoms with van der Waals surface area (Å²) in [5.41, 5.74) is -0.546. The number of hydrogen-bond donors (Lipinski definition) is 1. The largest absolute Gasteiger partial charge is 0.396 e. The first-order chi connectivity index (χ1) is 6.76. The van der Waals surface area contributed by atoms with Crippen LogP contribution in [0.3, 0.4) is 0 Å². The van der Waals surface area contributed by atoms with Crippen LogP contribution in [0.5, 0.6) is 0 Å². The molecule has 0 saturated heterocycles. The molecule has 0 heterocycles. The smallest absolute Gasteiger partial charge is 0.154 e. The Morgan fingerprint density at radius 3 is 2.93 bits per heavy atom.